The normalized spacial score (nSPS) is 11.8. The minimum Gasteiger partial charge on any atom is -0.297 e. The van der Waals surface area contributed by atoms with Crippen molar-refractivity contribution in [3.05, 3.63) is 30.6 Å². The van der Waals surface area contributed by atoms with E-state index in [0.717, 1.165) is 0 Å². The van der Waals surface area contributed by atoms with Crippen LogP contribution in [0.3, 0.4) is 0 Å². The Bertz CT molecular complexity index is 331. The third kappa shape index (κ3) is 2.86. The van der Waals surface area contributed by atoms with E-state index in [1.54, 1.807) is 0 Å². The van der Waals surface area contributed by atoms with Gasteiger partial charge in [-0.3, -0.25) is 9.69 Å². The molecule has 1 rings (SSSR count). The summed E-state index contributed by atoms with van der Waals surface area (Å²) >= 11 is 0. The third-order valence-electron chi connectivity index (χ3n) is 2.90. The zero-order valence-electron chi connectivity index (χ0n) is 9.90. The van der Waals surface area contributed by atoms with Gasteiger partial charge in [-0.15, -0.1) is 0 Å². The molecule has 0 amide bonds. The van der Waals surface area contributed by atoms with Gasteiger partial charge in [0.05, 0.1) is 5.54 Å². The number of nitrogens with zero attached hydrogens (tertiary/aromatic N) is 2. The van der Waals surface area contributed by atoms with Crippen LogP contribution in [0, 0.1) is 0 Å². The first-order valence-corrected chi connectivity index (χ1v) is 5.09. The molecule has 0 fully saturated rings. The number of ketones is 1. The van der Waals surface area contributed by atoms with Crippen LogP contribution in [0.1, 0.15) is 13.8 Å². The standard InChI is InChI=1S/C12H19N2O/c1-12(2,13(3)4)11(15)10-14-8-6-5-7-9-14/h5-9H,10H2,1-4H3/q+1. The van der Waals surface area contributed by atoms with Gasteiger partial charge in [0.1, 0.15) is 0 Å². The maximum Gasteiger partial charge on any atom is 0.216 e. The SMILES string of the molecule is CN(C)C(C)(C)C(=O)C[n+]1ccccc1. The zero-order chi connectivity index (χ0) is 11.5. The molecule has 0 N–H and O–H groups in total. The van der Waals surface area contributed by atoms with Crippen LogP contribution in [0.4, 0.5) is 0 Å². The summed E-state index contributed by atoms with van der Waals surface area (Å²) in [6.45, 7) is 4.31. The number of Topliss-reactive ketones (excluding diaryl/α,β-unsaturated/α-hetero) is 1. The highest BCUT2D eigenvalue weighted by molar-refractivity contribution is 5.86. The van der Waals surface area contributed by atoms with E-state index in [1.807, 2.05) is 68.0 Å². The molecular weight excluding hydrogens is 188 g/mol. The van der Waals surface area contributed by atoms with E-state index in [4.69, 9.17) is 0 Å². The lowest BCUT2D eigenvalue weighted by atomic mass is 9.97. The van der Waals surface area contributed by atoms with Crippen LogP contribution in [0.2, 0.25) is 0 Å². The predicted octanol–water partition coefficient (Wildman–Crippen LogP) is 0.883. The number of aromatic nitrogens is 1. The summed E-state index contributed by atoms with van der Waals surface area (Å²) in [5, 5.41) is 0. The summed E-state index contributed by atoms with van der Waals surface area (Å²) in [5.41, 5.74) is -0.414. The number of hydrogen-bond acceptors (Lipinski definition) is 2. The minimum atomic E-state index is -0.414. The Morgan fingerprint density at radius 3 is 2.20 bits per heavy atom. The molecule has 15 heavy (non-hydrogen) atoms. The summed E-state index contributed by atoms with van der Waals surface area (Å²) < 4.78 is 1.90. The number of likely N-dealkylation sites (N-methyl/N-ethyl adjacent to an activating group) is 1. The van der Waals surface area contributed by atoms with Crippen molar-refractivity contribution in [3.63, 3.8) is 0 Å². The van der Waals surface area contributed by atoms with E-state index >= 15 is 0 Å². The molecule has 0 aliphatic rings. The number of carbonyl (C=O) groups is 1. The van der Waals surface area contributed by atoms with Gasteiger partial charge in [0.25, 0.3) is 0 Å². The highest BCUT2D eigenvalue weighted by Crippen LogP contribution is 2.11. The lowest BCUT2D eigenvalue weighted by Gasteiger charge is -2.29. The van der Waals surface area contributed by atoms with Crippen molar-refractivity contribution in [2.45, 2.75) is 25.9 Å². The van der Waals surface area contributed by atoms with E-state index in [0.29, 0.717) is 6.54 Å². The molecule has 0 spiro atoms. The van der Waals surface area contributed by atoms with Gasteiger partial charge >= 0.3 is 0 Å². The van der Waals surface area contributed by atoms with Crippen LogP contribution >= 0.6 is 0 Å². The van der Waals surface area contributed by atoms with Crippen molar-refractivity contribution < 1.29 is 9.36 Å². The smallest absolute Gasteiger partial charge is 0.216 e. The molecule has 82 valence electrons. The molecule has 1 aromatic rings. The molecule has 0 unspecified atom stereocenters. The second-order valence-corrected chi connectivity index (χ2v) is 4.42. The minimum absolute atomic E-state index is 0.212. The fraction of sp³-hybridized carbons (Fsp3) is 0.500. The summed E-state index contributed by atoms with van der Waals surface area (Å²) in [6, 6.07) is 5.80. The Balaban J connectivity index is 2.72. The molecular formula is C12H19N2O+. The van der Waals surface area contributed by atoms with Gasteiger partial charge in [0, 0.05) is 12.1 Å². The van der Waals surface area contributed by atoms with Gasteiger partial charge in [-0.05, 0) is 27.9 Å². The van der Waals surface area contributed by atoms with E-state index in [2.05, 4.69) is 0 Å². The van der Waals surface area contributed by atoms with Crippen molar-refractivity contribution in [1.82, 2.24) is 4.90 Å². The highest BCUT2D eigenvalue weighted by atomic mass is 16.1. The van der Waals surface area contributed by atoms with E-state index < -0.39 is 5.54 Å². The van der Waals surface area contributed by atoms with Crippen LogP contribution in [0.5, 0.6) is 0 Å². The second-order valence-electron chi connectivity index (χ2n) is 4.42. The van der Waals surface area contributed by atoms with Crippen LogP contribution < -0.4 is 4.57 Å². The Hall–Kier alpha value is -1.22. The number of hydrogen-bond donors (Lipinski definition) is 0. The maximum atomic E-state index is 12.0. The van der Waals surface area contributed by atoms with Crippen molar-refractivity contribution >= 4 is 5.78 Å². The molecule has 0 bridgehead atoms. The fourth-order valence-corrected chi connectivity index (χ4v) is 1.15. The zero-order valence-corrected chi connectivity index (χ0v) is 9.90. The first-order chi connectivity index (χ1) is 6.94. The summed E-state index contributed by atoms with van der Waals surface area (Å²) in [7, 11) is 3.85. The van der Waals surface area contributed by atoms with E-state index in [1.165, 1.54) is 0 Å². The van der Waals surface area contributed by atoms with Crippen LogP contribution in [0.25, 0.3) is 0 Å². The van der Waals surface area contributed by atoms with Crippen molar-refractivity contribution in [3.8, 4) is 0 Å². The Morgan fingerprint density at radius 2 is 1.73 bits per heavy atom. The Kier molecular flexibility index (Phi) is 3.58. The van der Waals surface area contributed by atoms with Crippen molar-refractivity contribution in [2.75, 3.05) is 14.1 Å². The number of rotatable bonds is 4. The second kappa shape index (κ2) is 4.53. The van der Waals surface area contributed by atoms with Gasteiger partial charge in [0.2, 0.25) is 12.3 Å². The third-order valence-corrected chi connectivity index (χ3v) is 2.90. The molecule has 0 aliphatic heterocycles. The average molecular weight is 207 g/mol. The molecule has 0 saturated heterocycles. The van der Waals surface area contributed by atoms with Gasteiger partial charge in [-0.25, -0.2) is 0 Å². The fourth-order valence-electron chi connectivity index (χ4n) is 1.15. The molecule has 0 atom stereocenters. The van der Waals surface area contributed by atoms with E-state index in [9.17, 15) is 4.79 Å². The summed E-state index contributed by atoms with van der Waals surface area (Å²) in [4.78, 5) is 14.0. The molecule has 0 aromatic carbocycles. The molecule has 0 saturated carbocycles. The van der Waals surface area contributed by atoms with Gasteiger partial charge in [0.15, 0.2) is 12.4 Å². The number of carbonyl (C=O) groups excluding carboxylic acids is 1. The molecule has 1 aromatic heterocycles. The Morgan fingerprint density at radius 1 is 1.20 bits per heavy atom. The molecule has 0 radical (unpaired) electrons. The van der Waals surface area contributed by atoms with Crippen molar-refractivity contribution in [2.24, 2.45) is 0 Å². The monoisotopic (exact) mass is 207 g/mol. The highest BCUT2D eigenvalue weighted by Gasteiger charge is 2.31. The van der Waals surface area contributed by atoms with Crippen LogP contribution in [0.15, 0.2) is 30.6 Å². The van der Waals surface area contributed by atoms with E-state index in [-0.39, 0.29) is 5.78 Å². The number of pyridine rings is 1. The van der Waals surface area contributed by atoms with Gasteiger partial charge < -0.3 is 0 Å². The van der Waals surface area contributed by atoms with Gasteiger partial charge in [-0.2, -0.15) is 4.57 Å². The Labute approximate surface area is 91.3 Å². The topological polar surface area (TPSA) is 24.2 Å². The largest absolute Gasteiger partial charge is 0.297 e. The summed E-state index contributed by atoms with van der Waals surface area (Å²) in [5.74, 6) is 0.212. The first kappa shape index (κ1) is 11.9. The summed E-state index contributed by atoms with van der Waals surface area (Å²) in [6.07, 6.45) is 3.81. The van der Waals surface area contributed by atoms with Crippen LogP contribution in [-0.2, 0) is 11.3 Å². The molecule has 3 nitrogen and oxygen atoms in total. The predicted molar refractivity (Wildman–Crippen MR) is 59.4 cm³/mol. The average Bonchev–Trinajstić information content (AvgIpc) is 2.18. The van der Waals surface area contributed by atoms with Crippen molar-refractivity contribution in [1.29, 1.82) is 0 Å². The quantitative estimate of drug-likeness (QED) is 0.685. The molecule has 1 heterocycles. The molecule has 0 aliphatic carbocycles. The van der Waals surface area contributed by atoms with Crippen LogP contribution in [-0.4, -0.2) is 30.3 Å². The lowest BCUT2D eigenvalue weighted by Crippen LogP contribution is -2.51. The maximum absolute atomic E-state index is 12.0. The lowest BCUT2D eigenvalue weighted by molar-refractivity contribution is -0.684. The van der Waals surface area contributed by atoms with Gasteiger partial charge in [-0.1, -0.05) is 6.07 Å². The first-order valence-electron chi connectivity index (χ1n) is 5.09. The molecule has 3 heteroatoms.